The minimum absolute atomic E-state index is 0.430. The minimum atomic E-state index is -2.47. The van der Waals surface area contributed by atoms with E-state index in [1.165, 1.54) is 0 Å². The number of rotatable bonds is 4. The molecular formula is C11H14F2O2. The summed E-state index contributed by atoms with van der Waals surface area (Å²) in [5, 5.41) is 9.30. The maximum Gasteiger partial charge on any atom is 0.272 e. The van der Waals surface area contributed by atoms with Crippen LogP contribution in [0.4, 0.5) is 8.78 Å². The van der Waals surface area contributed by atoms with Crippen molar-refractivity contribution in [2.75, 3.05) is 6.61 Å². The lowest BCUT2D eigenvalue weighted by Crippen LogP contribution is -2.08. The Balaban J connectivity index is 2.75. The standard InChI is InChI=1S/C11H14F2O2/c1-7-5-9(8(2)14)3-4-10(7)15-6-11(12)13/h3-5,8,11,14H,6H2,1-2H3. The molecule has 1 unspecified atom stereocenters. The third-order valence-corrected chi connectivity index (χ3v) is 2.05. The van der Waals surface area contributed by atoms with Crippen LogP contribution in [0.1, 0.15) is 24.2 Å². The zero-order chi connectivity index (χ0) is 11.4. The van der Waals surface area contributed by atoms with Crippen LogP contribution < -0.4 is 4.74 Å². The molecule has 4 heteroatoms. The normalized spacial score (nSPS) is 12.9. The molecule has 0 bridgehead atoms. The highest BCUT2D eigenvalue weighted by molar-refractivity contribution is 5.36. The Morgan fingerprint density at radius 3 is 2.53 bits per heavy atom. The van der Waals surface area contributed by atoms with E-state index in [9.17, 15) is 13.9 Å². The van der Waals surface area contributed by atoms with Crippen molar-refractivity contribution in [2.24, 2.45) is 0 Å². The molecule has 0 heterocycles. The molecule has 0 saturated heterocycles. The molecule has 1 aromatic carbocycles. The predicted molar refractivity (Wildman–Crippen MR) is 53.3 cm³/mol. The quantitative estimate of drug-likeness (QED) is 0.838. The number of aryl methyl sites for hydroxylation is 1. The van der Waals surface area contributed by atoms with Crippen molar-refractivity contribution in [1.82, 2.24) is 0 Å². The second-order valence-corrected chi connectivity index (χ2v) is 3.40. The molecule has 0 aliphatic carbocycles. The van der Waals surface area contributed by atoms with Gasteiger partial charge in [-0.15, -0.1) is 0 Å². The van der Waals surface area contributed by atoms with E-state index in [0.717, 1.165) is 11.1 Å². The molecule has 1 aromatic rings. The van der Waals surface area contributed by atoms with Gasteiger partial charge in [0, 0.05) is 0 Å². The van der Waals surface area contributed by atoms with Gasteiger partial charge in [-0.25, -0.2) is 8.78 Å². The molecule has 0 aliphatic rings. The molecule has 1 rings (SSSR count). The summed E-state index contributed by atoms with van der Waals surface area (Å²) in [5.41, 5.74) is 1.49. The van der Waals surface area contributed by atoms with Gasteiger partial charge in [0.25, 0.3) is 6.43 Å². The Kier molecular flexibility index (Phi) is 4.03. The van der Waals surface area contributed by atoms with Gasteiger partial charge < -0.3 is 9.84 Å². The summed E-state index contributed by atoms with van der Waals surface area (Å²) in [6, 6.07) is 4.99. The average Bonchev–Trinajstić information content (AvgIpc) is 2.15. The number of benzene rings is 1. The summed E-state index contributed by atoms with van der Waals surface area (Å²) in [5.74, 6) is 0.430. The molecule has 1 N–H and O–H groups in total. The predicted octanol–water partition coefficient (Wildman–Crippen LogP) is 2.69. The van der Waals surface area contributed by atoms with Crippen molar-refractivity contribution in [1.29, 1.82) is 0 Å². The summed E-state index contributed by atoms with van der Waals surface area (Å²) in [6.45, 7) is 2.80. The Bertz CT molecular complexity index is 324. The fraction of sp³-hybridized carbons (Fsp3) is 0.455. The van der Waals surface area contributed by atoms with Crippen molar-refractivity contribution < 1.29 is 18.6 Å². The van der Waals surface area contributed by atoms with Gasteiger partial charge in [-0.1, -0.05) is 6.07 Å². The molecule has 0 amide bonds. The zero-order valence-electron chi connectivity index (χ0n) is 8.71. The van der Waals surface area contributed by atoms with E-state index in [4.69, 9.17) is 4.74 Å². The number of aliphatic hydroxyl groups excluding tert-OH is 1. The Morgan fingerprint density at radius 2 is 2.07 bits per heavy atom. The van der Waals surface area contributed by atoms with E-state index >= 15 is 0 Å². The molecule has 0 radical (unpaired) electrons. The van der Waals surface area contributed by atoms with E-state index in [1.807, 2.05) is 0 Å². The largest absolute Gasteiger partial charge is 0.487 e. The molecular weight excluding hydrogens is 202 g/mol. The van der Waals surface area contributed by atoms with Gasteiger partial charge in [-0.05, 0) is 37.1 Å². The van der Waals surface area contributed by atoms with Gasteiger partial charge in [0.15, 0.2) is 0 Å². The Hall–Kier alpha value is -1.16. The molecule has 1 atom stereocenters. The van der Waals surface area contributed by atoms with Crippen LogP contribution >= 0.6 is 0 Å². The third kappa shape index (κ3) is 3.47. The molecule has 0 aliphatic heterocycles. The van der Waals surface area contributed by atoms with Crippen molar-refractivity contribution in [2.45, 2.75) is 26.4 Å². The zero-order valence-corrected chi connectivity index (χ0v) is 8.71. The first-order valence-corrected chi connectivity index (χ1v) is 4.70. The van der Waals surface area contributed by atoms with Crippen molar-refractivity contribution in [3.63, 3.8) is 0 Å². The summed E-state index contributed by atoms with van der Waals surface area (Å²) in [7, 11) is 0. The lowest BCUT2D eigenvalue weighted by atomic mass is 10.1. The number of alkyl halides is 2. The number of aliphatic hydroxyl groups is 1. The van der Waals surface area contributed by atoms with Crippen LogP contribution in [0.5, 0.6) is 5.75 Å². The Labute approximate surface area is 87.5 Å². The topological polar surface area (TPSA) is 29.5 Å². The van der Waals surface area contributed by atoms with Crippen LogP contribution in [-0.2, 0) is 0 Å². The molecule has 0 spiro atoms. The van der Waals surface area contributed by atoms with Crippen LogP contribution in [0.25, 0.3) is 0 Å². The van der Waals surface area contributed by atoms with E-state index in [0.29, 0.717) is 5.75 Å². The summed E-state index contributed by atoms with van der Waals surface area (Å²) in [6.07, 6.45) is -3.03. The number of halogens is 2. The van der Waals surface area contributed by atoms with E-state index in [1.54, 1.807) is 32.0 Å². The van der Waals surface area contributed by atoms with E-state index in [2.05, 4.69) is 0 Å². The molecule has 15 heavy (non-hydrogen) atoms. The second kappa shape index (κ2) is 5.07. The Morgan fingerprint density at radius 1 is 1.40 bits per heavy atom. The summed E-state index contributed by atoms with van der Waals surface area (Å²) in [4.78, 5) is 0. The molecule has 84 valence electrons. The first-order valence-electron chi connectivity index (χ1n) is 4.70. The lowest BCUT2D eigenvalue weighted by Gasteiger charge is -2.11. The second-order valence-electron chi connectivity index (χ2n) is 3.40. The third-order valence-electron chi connectivity index (χ3n) is 2.05. The van der Waals surface area contributed by atoms with Crippen molar-refractivity contribution >= 4 is 0 Å². The van der Waals surface area contributed by atoms with Gasteiger partial charge in [0.1, 0.15) is 12.4 Å². The van der Waals surface area contributed by atoms with Gasteiger partial charge in [0.2, 0.25) is 0 Å². The van der Waals surface area contributed by atoms with Crippen LogP contribution in [0.15, 0.2) is 18.2 Å². The first kappa shape index (κ1) is 11.9. The maximum atomic E-state index is 11.9. The van der Waals surface area contributed by atoms with Crippen LogP contribution in [0.3, 0.4) is 0 Å². The summed E-state index contributed by atoms with van der Waals surface area (Å²) < 4.78 is 28.7. The van der Waals surface area contributed by atoms with Crippen LogP contribution in [-0.4, -0.2) is 18.1 Å². The highest BCUT2D eigenvalue weighted by Gasteiger charge is 2.07. The van der Waals surface area contributed by atoms with Crippen LogP contribution in [0, 0.1) is 6.92 Å². The van der Waals surface area contributed by atoms with Crippen molar-refractivity contribution in [3.8, 4) is 5.75 Å². The lowest BCUT2D eigenvalue weighted by molar-refractivity contribution is 0.0815. The molecule has 0 aromatic heterocycles. The fourth-order valence-electron chi connectivity index (χ4n) is 1.25. The monoisotopic (exact) mass is 216 g/mol. The molecule has 2 nitrogen and oxygen atoms in total. The molecule has 0 saturated carbocycles. The van der Waals surface area contributed by atoms with Gasteiger partial charge in [-0.2, -0.15) is 0 Å². The minimum Gasteiger partial charge on any atom is -0.487 e. The first-order chi connectivity index (χ1) is 7.00. The number of hydrogen-bond donors (Lipinski definition) is 1. The molecule has 0 fully saturated rings. The van der Waals surface area contributed by atoms with Gasteiger partial charge in [0.05, 0.1) is 6.10 Å². The SMILES string of the molecule is Cc1cc(C(C)O)ccc1OCC(F)F. The number of hydrogen-bond acceptors (Lipinski definition) is 2. The van der Waals surface area contributed by atoms with E-state index in [-0.39, 0.29) is 0 Å². The maximum absolute atomic E-state index is 11.9. The number of ether oxygens (including phenoxy) is 1. The summed E-state index contributed by atoms with van der Waals surface area (Å²) >= 11 is 0. The van der Waals surface area contributed by atoms with Crippen LogP contribution in [0.2, 0.25) is 0 Å². The van der Waals surface area contributed by atoms with Crippen molar-refractivity contribution in [3.05, 3.63) is 29.3 Å². The highest BCUT2D eigenvalue weighted by Crippen LogP contribution is 2.22. The fourth-order valence-corrected chi connectivity index (χ4v) is 1.25. The van der Waals surface area contributed by atoms with E-state index < -0.39 is 19.1 Å². The smallest absolute Gasteiger partial charge is 0.272 e. The average molecular weight is 216 g/mol. The van der Waals surface area contributed by atoms with Gasteiger partial charge in [-0.3, -0.25) is 0 Å². The highest BCUT2D eigenvalue weighted by atomic mass is 19.3. The van der Waals surface area contributed by atoms with Gasteiger partial charge >= 0.3 is 0 Å².